The van der Waals surface area contributed by atoms with Gasteiger partial charge < -0.3 is 14.2 Å². The number of rotatable bonds is 3. The minimum absolute atomic E-state index is 0.223. The molecule has 1 aliphatic rings. The van der Waals surface area contributed by atoms with Crippen molar-refractivity contribution in [2.24, 2.45) is 0 Å². The standard InChI is InChI=1S/C22H13ClN2O3S/c23-14-7-5-13(6-8-14)20-21(28-15-9-10-17-18(11-15)27-12-26-17)25-16-3-1-2-4-19(16)29-22(25)24-20/h1-11H,12H2. The normalized spacial score (nSPS) is 12.7. The van der Waals surface area contributed by atoms with E-state index in [4.69, 9.17) is 30.8 Å². The van der Waals surface area contributed by atoms with Crippen LogP contribution in [0, 0.1) is 0 Å². The average Bonchev–Trinajstić information content (AvgIpc) is 3.43. The molecule has 0 spiro atoms. The highest BCUT2D eigenvalue weighted by molar-refractivity contribution is 7.23. The van der Waals surface area contributed by atoms with Crippen LogP contribution in [-0.4, -0.2) is 16.2 Å². The number of hydrogen-bond donors (Lipinski definition) is 0. The largest absolute Gasteiger partial charge is 0.454 e. The molecule has 0 N–H and O–H groups in total. The summed E-state index contributed by atoms with van der Waals surface area (Å²) < 4.78 is 20.5. The van der Waals surface area contributed by atoms with Crippen LogP contribution in [-0.2, 0) is 0 Å². The van der Waals surface area contributed by atoms with Crippen molar-refractivity contribution in [2.75, 3.05) is 6.79 Å². The number of para-hydroxylation sites is 1. The molecule has 0 saturated carbocycles. The van der Waals surface area contributed by atoms with Crippen LogP contribution in [0.5, 0.6) is 23.1 Å². The maximum absolute atomic E-state index is 6.38. The summed E-state index contributed by atoms with van der Waals surface area (Å²) >= 11 is 7.70. The summed E-state index contributed by atoms with van der Waals surface area (Å²) in [7, 11) is 0. The highest BCUT2D eigenvalue weighted by Crippen LogP contribution is 2.42. The number of halogens is 1. The first-order valence-electron chi connectivity index (χ1n) is 9.00. The molecule has 0 aliphatic carbocycles. The number of hydrogen-bond acceptors (Lipinski definition) is 5. The molecule has 5 nitrogen and oxygen atoms in total. The fourth-order valence-electron chi connectivity index (χ4n) is 3.44. The fourth-order valence-corrected chi connectivity index (χ4v) is 4.58. The first-order chi connectivity index (χ1) is 14.3. The Labute approximate surface area is 174 Å². The van der Waals surface area contributed by atoms with Gasteiger partial charge in [-0.3, -0.25) is 4.40 Å². The summed E-state index contributed by atoms with van der Waals surface area (Å²) in [5.74, 6) is 2.70. The van der Waals surface area contributed by atoms with Crippen molar-refractivity contribution in [3.05, 3.63) is 71.8 Å². The summed E-state index contributed by atoms with van der Waals surface area (Å²) in [6.45, 7) is 0.223. The Morgan fingerprint density at radius 1 is 0.966 bits per heavy atom. The second kappa shape index (κ2) is 6.40. The maximum atomic E-state index is 6.38. The number of fused-ring (bicyclic) bond motifs is 4. The van der Waals surface area contributed by atoms with E-state index in [1.54, 1.807) is 11.3 Å². The third-order valence-corrected chi connectivity index (χ3v) is 6.06. The topological polar surface area (TPSA) is 45.0 Å². The quantitative estimate of drug-likeness (QED) is 0.339. The van der Waals surface area contributed by atoms with E-state index in [-0.39, 0.29) is 6.79 Å². The molecule has 7 heteroatoms. The molecule has 3 heterocycles. The van der Waals surface area contributed by atoms with Crippen molar-refractivity contribution >= 4 is 38.1 Å². The van der Waals surface area contributed by atoms with Crippen molar-refractivity contribution < 1.29 is 14.2 Å². The van der Waals surface area contributed by atoms with E-state index < -0.39 is 0 Å². The van der Waals surface area contributed by atoms with Gasteiger partial charge in [0.15, 0.2) is 16.5 Å². The second-order valence-electron chi connectivity index (χ2n) is 6.58. The lowest BCUT2D eigenvalue weighted by molar-refractivity contribution is 0.174. The summed E-state index contributed by atoms with van der Waals surface area (Å²) in [4.78, 5) is 5.74. The zero-order valence-electron chi connectivity index (χ0n) is 15.0. The zero-order chi connectivity index (χ0) is 19.4. The Hall–Kier alpha value is -3.22. The lowest BCUT2D eigenvalue weighted by Gasteiger charge is -2.09. The van der Waals surface area contributed by atoms with Crippen LogP contribution < -0.4 is 14.2 Å². The molecule has 1 aliphatic heterocycles. The zero-order valence-corrected chi connectivity index (χ0v) is 16.5. The molecule has 29 heavy (non-hydrogen) atoms. The predicted molar refractivity (Wildman–Crippen MR) is 114 cm³/mol. The van der Waals surface area contributed by atoms with Gasteiger partial charge in [-0.05, 0) is 36.4 Å². The monoisotopic (exact) mass is 420 g/mol. The molecule has 0 saturated heterocycles. The number of ether oxygens (including phenoxy) is 3. The van der Waals surface area contributed by atoms with Gasteiger partial charge in [-0.15, -0.1) is 0 Å². The Morgan fingerprint density at radius 2 is 1.79 bits per heavy atom. The Balaban J connectivity index is 1.56. The van der Waals surface area contributed by atoms with Crippen molar-refractivity contribution in [1.82, 2.24) is 9.38 Å². The molecule has 2 aromatic heterocycles. The first-order valence-corrected chi connectivity index (χ1v) is 10.2. The van der Waals surface area contributed by atoms with Gasteiger partial charge in [-0.2, -0.15) is 0 Å². The molecule has 3 aromatic carbocycles. The smallest absolute Gasteiger partial charge is 0.233 e. The Kier molecular flexibility index (Phi) is 3.69. The van der Waals surface area contributed by atoms with Crippen molar-refractivity contribution in [2.45, 2.75) is 0 Å². The fraction of sp³-hybridized carbons (Fsp3) is 0.0455. The van der Waals surface area contributed by atoms with Crippen LogP contribution in [0.3, 0.4) is 0 Å². The van der Waals surface area contributed by atoms with E-state index in [2.05, 4.69) is 16.5 Å². The Morgan fingerprint density at radius 3 is 2.69 bits per heavy atom. The van der Waals surface area contributed by atoms with Gasteiger partial charge in [0.25, 0.3) is 0 Å². The van der Waals surface area contributed by atoms with Crippen LogP contribution in [0.25, 0.3) is 26.4 Å². The van der Waals surface area contributed by atoms with E-state index in [0.717, 1.165) is 32.2 Å². The summed E-state index contributed by atoms with van der Waals surface area (Å²) in [5, 5.41) is 0.679. The third kappa shape index (κ3) is 2.72. The van der Waals surface area contributed by atoms with E-state index >= 15 is 0 Å². The molecule has 6 rings (SSSR count). The summed E-state index contributed by atoms with van der Waals surface area (Å²) in [5.41, 5.74) is 2.75. The molecule has 0 amide bonds. The second-order valence-corrected chi connectivity index (χ2v) is 8.02. The minimum atomic E-state index is 0.223. The van der Waals surface area contributed by atoms with Crippen molar-refractivity contribution in [3.63, 3.8) is 0 Å². The highest BCUT2D eigenvalue weighted by atomic mass is 35.5. The van der Waals surface area contributed by atoms with Gasteiger partial charge in [0, 0.05) is 16.7 Å². The van der Waals surface area contributed by atoms with Gasteiger partial charge in [-0.1, -0.05) is 47.2 Å². The van der Waals surface area contributed by atoms with Gasteiger partial charge in [0.1, 0.15) is 11.4 Å². The highest BCUT2D eigenvalue weighted by Gasteiger charge is 2.21. The Bertz CT molecular complexity index is 1370. The molecule has 0 radical (unpaired) electrons. The number of benzene rings is 3. The van der Waals surface area contributed by atoms with Crippen LogP contribution in [0.4, 0.5) is 0 Å². The van der Waals surface area contributed by atoms with Gasteiger partial charge in [0.05, 0.1) is 10.2 Å². The first kappa shape index (κ1) is 16.7. The molecular weight excluding hydrogens is 408 g/mol. The van der Waals surface area contributed by atoms with Crippen molar-refractivity contribution in [3.8, 4) is 34.4 Å². The van der Waals surface area contributed by atoms with E-state index in [1.165, 1.54) is 0 Å². The number of thiazole rings is 1. The van der Waals surface area contributed by atoms with Gasteiger partial charge >= 0.3 is 0 Å². The van der Waals surface area contributed by atoms with Gasteiger partial charge in [-0.25, -0.2) is 4.98 Å². The van der Waals surface area contributed by atoms with E-state index in [1.807, 2.05) is 54.6 Å². The van der Waals surface area contributed by atoms with Gasteiger partial charge in [0.2, 0.25) is 12.7 Å². The van der Waals surface area contributed by atoms with Crippen LogP contribution >= 0.6 is 22.9 Å². The van der Waals surface area contributed by atoms with Crippen LogP contribution in [0.2, 0.25) is 5.02 Å². The molecule has 0 fully saturated rings. The van der Waals surface area contributed by atoms with Crippen LogP contribution in [0.1, 0.15) is 0 Å². The molecule has 0 bridgehead atoms. The predicted octanol–water partition coefficient (Wildman–Crippen LogP) is 6.39. The molecule has 142 valence electrons. The summed E-state index contributed by atoms with van der Waals surface area (Å²) in [6, 6.07) is 21.3. The lowest BCUT2D eigenvalue weighted by atomic mass is 10.1. The maximum Gasteiger partial charge on any atom is 0.233 e. The number of nitrogens with zero attached hydrogens (tertiary/aromatic N) is 2. The SMILES string of the molecule is Clc1ccc(-c2nc3sc4ccccc4n3c2Oc2ccc3c(c2)OCO3)cc1. The molecule has 5 aromatic rings. The lowest BCUT2D eigenvalue weighted by Crippen LogP contribution is -1.93. The molecule has 0 atom stereocenters. The van der Waals surface area contributed by atoms with E-state index in [9.17, 15) is 0 Å². The number of imidazole rings is 1. The molecule has 0 unspecified atom stereocenters. The molecular formula is C22H13ClN2O3S. The van der Waals surface area contributed by atoms with Crippen molar-refractivity contribution in [1.29, 1.82) is 0 Å². The third-order valence-electron chi connectivity index (χ3n) is 4.79. The number of aromatic nitrogens is 2. The minimum Gasteiger partial charge on any atom is -0.454 e. The summed E-state index contributed by atoms with van der Waals surface area (Å²) in [6.07, 6.45) is 0. The average molecular weight is 421 g/mol. The van der Waals surface area contributed by atoms with E-state index in [0.29, 0.717) is 22.4 Å². The van der Waals surface area contributed by atoms with Crippen LogP contribution in [0.15, 0.2) is 66.7 Å².